The molecule has 0 bridgehead atoms. The summed E-state index contributed by atoms with van der Waals surface area (Å²) in [4.78, 5) is 13.0. The summed E-state index contributed by atoms with van der Waals surface area (Å²) in [6, 6.07) is 0. The number of nitrogens with zero attached hydrogens (tertiary/aromatic N) is 3. The fourth-order valence-corrected chi connectivity index (χ4v) is 4.44. The van der Waals surface area contributed by atoms with Gasteiger partial charge in [0.2, 0.25) is 0 Å². The molecule has 4 nitrogen and oxygen atoms in total. The topological polar surface area (TPSA) is 40.5 Å². The van der Waals surface area contributed by atoms with Crippen molar-refractivity contribution in [2.75, 3.05) is 26.7 Å². The maximum atomic E-state index is 4.72. The maximum Gasteiger partial charge on any atom is 0.193 e. The van der Waals surface area contributed by atoms with Crippen LogP contribution in [0, 0.1) is 18.8 Å². The first-order valence-electron chi connectivity index (χ1n) is 8.94. The van der Waals surface area contributed by atoms with E-state index in [9.17, 15) is 0 Å². The van der Waals surface area contributed by atoms with E-state index in [1.807, 2.05) is 18.4 Å². The summed E-state index contributed by atoms with van der Waals surface area (Å²) in [6.07, 6.45) is 4.63. The third-order valence-corrected chi connectivity index (χ3v) is 5.57. The van der Waals surface area contributed by atoms with Crippen molar-refractivity contribution in [1.29, 1.82) is 0 Å². The van der Waals surface area contributed by atoms with E-state index in [1.165, 1.54) is 28.4 Å². The van der Waals surface area contributed by atoms with Crippen molar-refractivity contribution < 1.29 is 0 Å². The van der Waals surface area contributed by atoms with Gasteiger partial charge >= 0.3 is 0 Å². The summed E-state index contributed by atoms with van der Waals surface area (Å²) < 4.78 is 0. The monoisotopic (exact) mass is 336 g/mol. The van der Waals surface area contributed by atoms with Gasteiger partial charge in [-0.15, -0.1) is 11.3 Å². The third-order valence-electron chi connectivity index (χ3n) is 4.50. The minimum absolute atomic E-state index is 0.788. The molecule has 0 saturated carbocycles. The fourth-order valence-electron chi connectivity index (χ4n) is 3.42. The first kappa shape index (κ1) is 18.2. The molecule has 23 heavy (non-hydrogen) atoms. The minimum atomic E-state index is 0.788. The van der Waals surface area contributed by atoms with Gasteiger partial charge in [0, 0.05) is 38.0 Å². The largest absolute Gasteiger partial charge is 0.356 e. The van der Waals surface area contributed by atoms with Crippen LogP contribution < -0.4 is 5.32 Å². The Morgan fingerprint density at radius 1 is 1.48 bits per heavy atom. The molecule has 5 heteroatoms. The quantitative estimate of drug-likeness (QED) is 0.638. The number of aromatic nitrogens is 1. The molecule has 1 aromatic rings. The number of aryl methyl sites for hydroxylation is 2. The molecule has 0 aromatic carbocycles. The lowest BCUT2D eigenvalue weighted by molar-refractivity contribution is 0.404. The zero-order chi connectivity index (χ0) is 16.8. The average Bonchev–Trinajstić information content (AvgIpc) is 3.09. The summed E-state index contributed by atoms with van der Waals surface area (Å²) in [5.41, 5.74) is 1.26. The normalized spacial score (nSPS) is 19.0. The van der Waals surface area contributed by atoms with Crippen molar-refractivity contribution in [2.24, 2.45) is 16.8 Å². The van der Waals surface area contributed by atoms with Crippen LogP contribution in [0.2, 0.25) is 0 Å². The van der Waals surface area contributed by atoms with Crippen LogP contribution in [0.25, 0.3) is 0 Å². The van der Waals surface area contributed by atoms with Crippen molar-refractivity contribution in [3.63, 3.8) is 0 Å². The number of aliphatic imine (C=N–C) groups is 1. The molecule has 1 unspecified atom stereocenters. The Kier molecular flexibility index (Phi) is 6.88. The van der Waals surface area contributed by atoms with E-state index in [1.54, 1.807) is 0 Å². The average molecular weight is 337 g/mol. The molecule has 1 aliphatic heterocycles. The van der Waals surface area contributed by atoms with E-state index < -0.39 is 0 Å². The van der Waals surface area contributed by atoms with Crippen LogP contribution in [0.15, 0.2) is 4.99 Å². The zero-order valence-corrected chi connectivity index (χ0v) is 16.2. The summed E-state index contributed by atoms with van der Waals surface area (Å²) in [6.45, 7) is 12.2. The van der Waals surface area contributed by atoms with E-state index in [2.05, 4.69) is 42.9 Å². The molecule has 130 valence electrons. The van der Waals surface area contributed by atoms with Crippen molar-refractivity contribution in [3.05, 3.63) is 15.6 Å². The summed E-state index contributed by atoms with van der Waals surface area (Å²) in [7, 11) is 1.89. The van der Waals surface area contributed by atoms with Crippen LogP contribution >= 0.6 is 11.3 Å². The van der Waals surface area contributed by atoms with Crippen LogP contribution in [-0.4, -0.2) is 42.5 Å². The number of hydrogen-bond acceptors (Lipinski definition) is 3. The maximum absolute atomic E-state index is 4.72. The van der Waals surface area contributed by atoms with Crippen LogP contribution in [0.4, 0.5) is 0 Å². The van der Waals surface area contributed by atoms with Crippen LogP contribution in [0.5, 0.6) is 0 Å². The number of nitrogens with one attached hydrogen (secondary N) is 1. The van der Waals surface area contributed by atoms with Gasteiger partial charge < -0.3 is 10.2 Å². The second kappa shape index (κ2) is 8.67. The van der Waals surface area contributed by atoms with Gasteiger partial charge in [0.05, 0.1) is 10.7 Å². The highest BCUT2D eigenvalue weighted by atomic mass is 32.1. The van der Waals surface area contributed by atoms with Gasteiger partial charge in [-0.05, 0) is 38.0 Å². The molecule has 0 spiro atoms. The second-order valence-electron chi connectivity index (χ2n) is 6.92. The van der Waals surface area contributed by atoms with Gasteiger partial charge in [0.1, 0.15) is 0 Å². The Labute approximate surface area is 145 Å². The van der Waals surface area contributed by atoms with E-state index in [-0.39, 0.29) is 0 Å². The molecule has 0 aliphatic carbocycles. The molecular formula is C18H32N4S. The van der Waals surface area contributed by atoms with Gasteiger partial charge in [-0.25, -0.2) is 4.98 Å². The molecule has 0 radical (unpaired) electrons. The summed E-state index contributed by atoms with van der Waals surface area (Å²) in [5, 5.41) is 4.76. The molecule has 1 N–H and O–H groups in total. The van der Waals surface area contributed by atoms with E-state index in [4.69, 9.17) is 4.98 Å². The molecule has 1 aliphatic rings. The van der Waals surface area contributed by atoms with Crippen LogP contribution in [-0.2, 0) is 12.8 Å². The zero-order valence-electron chi connectivity index (χ0n) is 15.4. The lowest BCUT2D eigenvalue weighted by Crippen LogP contribution is -2.40. The van der Waals surface area contributed by atoms with E-state index >= 15 is 0 Å². The predicted octanol–water partition coefficient (Wildman–Crippen LogP) is 3.50. The van der Waals surface area contributed by atoms with Crippen molar-refractivity contribution >= 4 is 17.3 Å². The fraction of sp³-hybridized carbons (Fsp3) is 0.778. The molecule has 0 amide bonds. The Bertz CT molecular complexity index is 521. The summed E-state index contributed by atoms with van der Waals surface area (Å²) in [5.74, 6) is 2.67. The van der Waals surface area contributed by atoms with Gasteiger partial charge in [-0.3, -0.25) is 4.99 Å². The van der Waals surface area contributed by atoms with Crippen LogP contribution in [0.1, 0.15) is 49.2 Å². The Morgan fingerprint density at radius 3 is 2.87 bits per heavy atom. The Hall–Kier alpha value is -1.10. The molecule has 2 rings (SSSR count). The first-order chi connectivity index (χ1) is 11.0. The van der Waals surface area contributed by atoms with Crippen molar-refractivity contribution in [1.82, 2.24) is 15.2 Å². The Morgan fingerprint density at radius 2 is 2.26 bits per heavy atom. The number of rotatable bonds is 6. The molecule has 1 saturated heterocycles. The lowest BCUT2D eigenvalue weighted by atomic mass is 9.97. The molecule has 1 aromatic heterocycles. The van der Waals surface area contributed by atoms with Gasteiger partial charge in [-0.2, -0.15) is 0 Å². The molecule has 1 atom stereocenters. The van der Waals surface area contributed by atoms with Crippen LogP contribution in [0.3, 0.4) is 0 Å². The number of guanidine groups is 1. The first-order valence-corrected chi connectivity index (χ1v) is 9.75. The van der Waals surface area contributed by atoms with Crippen molar-refractivity contribution in [2.45, 2.75) is 53.4 Å². The standard InChI is InChI=1S/C18H32N4S/c1-6-16-14(4)23-17(21-16)7-9-20-18(19-5)22-10-8-15(12-22)11-13(2)3/h13,15H,6-12H2,1-5H3,(H,19,20). The molecule has 1 fully saturated rings. The van der Waals surface area contributed by atoms with Crippen molar-refractivity contribution in [3.8, 4) is 0 Å². The molecular weight excluding hydrogens is 304 g/mol. The third kappa shape index (κ3) is 5.20. The SMILES string of the molecule is CCc1nc(CCNC(=NC)N2CCC(CC(C)C)C2)sc1C. The Balaban J connectivity index is 1.79. The highest BCUT2D eigenvalue weighted by molar-refractivity contribution is 7.11. The van der Waals surface area contributed by atoms with Gasteiger partial charge in [0.25, 0.3) is 0 Å². The van der Waals surface area contributed by atoms with Gasteiger partial charge in [-0.1, -0.05) is 20.8 Å². The lowest BCUT2D eigenvalue weighted by Gasteiger charge is -2.22. The number of likely N-dealkylation sites (tertiary alicyclic amines) is 1. The minimum Gasteiger partial charge on any atom is -0.356 e. The van der Waals surface area contributed by atoms with Gasteiger partial charge in [0.15, 0.2) is 5.96 Å². The smallest absolute Gasteiger partial charge is 0.193 e. The predicted molar refractivity (Wildman–Crippen MR) is 100 cm³/mol. The number of hydrogen-bond donors (Lipinski definition) is 1. The van der Waals surface area contributed by atoms with E-state index in [0.29, 0.717) is 0 Å². The highest BCUT2D eigenvalue weighted by Crippen LogP contribution is 2.23. The second-order valence-corrected chi connectivity index (χ2v) is 8.21. The van der Waals surface area contributed by atoms with E-state index in [0.717, 1.165) is 50.3 Å². The highest BCUT2D eigenvalue weighted by Gasteiger charge is 2.25. The summed E-state index contributed by atoms with van der Waals surface area (Å²) >= 11 is 1.83. The molecule has 2 heterocycles. The number of thiazole rings is 1.